The number of H-pyrrole nitrogens is 2. The molecule has 0 saturated heterocycles. The maximum absolute atomic E-state index is 11.1. The predicted octanol–water partition coefficient (Wildman–Crippen LogP) is 2.65. The number of aromatic amines is 2. The lowest BCUT2D eigenvalue weighted by molar-refractivity contribution is 0.837. The second-order valence-electron chi connectivity index (χ2n) is 3.97. The fraction of sp³-hybridized carbons (Fsp3) is 0.154. The molecule has 0 saturated carbocycles. The number of rotatable bonds is 4. The summed E-state index contributed by atoms with van der Waals surface area (Å²) < 4.78 is 0. The van der Waals surface area contributed by atoms with E-state index in [0.29, 0.717) is 23.1 Å². The van der Waals surface area contributed by atoms with Crippen LogP contribution in [0.15, 0.2) is 29.1 Å². The van der Waals surface area contributed by atoms with Gasteiger partial charge in [0, 0.05) is 21.8 Å². The zero-order chi connectivity index (χ0) is 13.8. The molecule has 0 amide bonds. The normalized spacial score (nSPS) is 10.2. The average Bonchev–Trinajstić information content (AvgIpc) is 2.73. The van der Waals surface area contributed by atoms with E-state index in [0.717, 1.165) is 11.4 Å². The molecule has 0 aliphatic rings. The first-order valence-electron chi connectivity index (χ1n) is 5.49. The number of anilines is 1. The molecular formula is C13H11Cl2N3O. The summed E-state index contributed by atoms with van der Waals surface area (Å²) in [6.07, 6.45) is 5.36. The van der Waals surface area contributed by atoms with Gasteiger partial charge in [-0.15, -0.1) is 6.42 Å². The van der Waals surface area contributed by atoms with Gasteiger partial charge in [0.1, 0.15) is 0 Å². The molecule has 0 atom stereocenters. The fourth-order valence-electron chi connectivity index (χ4n) is 1.73. The van der Waals surface area contributed by atoms with Crippen LogP contribution in [0, 0.1) is 12.3 Å². The third-order valence-electron chi connectivity index (χ3n) is 2.51. The van der Waals surface area contributed by atoms with Gasteiger partial charge in [0.15, 0.2) is 0 Å². The minimum Gasteiger partial charge on any atom is -0.354 e. The number of hydrogen-bond acceptors (Lipinski definition) is 2. The van der Waals surface area contributed by atoms with Gasteiger partial charge in [0.2, 0.25) is 0 Å². The minimum absolute atomic E-state index is 0.181. The third-order valence-corrected chi connectivity index (χ3v) is 2.94. The summed E-state index contributed by atoms with van der Waals surface area (Å²) in [7, 11) is 0. The number of aromatic nitrogens is 2. The van der Waals surface area contributed by atoms with E-state index >= 15 is 0 Å². The molecule has 0 radical (unpaired) electrons. The highest BCUT2D eigenvalue weighted by Gasteiger charge is 2.09. The Labute approximate surface area is 120 Å². The smallest absolute Gasteiger partial charge is 0.264 e. The van der Waals surface area contributed by atoms with Crippen molar-refractivity contribution in [3.8, 4) is 12.3 Å². The molecule has 1 heterocycles. The Kier molecular flexibility index (Phi) is 4.20. The molecular weight excluding hydrogens is 285 g/mol. The Balaban J connectivity index is 2.29. The van der Waals surface area contributed by atoms with Crippen LogP contribution >= 0.6 is 23.2 Å². The molecule has 0 fully saturated rings. The summed E-state index contributed by atoms with van der Waals surface area (Å²) in [6, 6.07) is 6.68. The summed E-state index contributed by atoms with van der Waals surface area (Å²) in [6.45, 7) is 0.837. The van der Waals surface area contributed by atoms with Crippen LogP contribution < -0.4 is 10.5 Å². The van der Waals surface area contributed by atoms with Gasteiger partial charge in [-0.3, -0.25) is 9.89 Å². The van der Waals surface area contributed by atoms with E-state index in [1.54, 1.807) is 18.2 Å². The predicted molar refractivity (Wildman–Crippen MR) is 77.8 cm³/mol. The number of nitrogens with zero attached hydrogens (tertiary/aromatic N) is 1. The molecule has 6 heteroatoms. The maximum Gasteiger partial charge on any atom is 0.264 e. The first-order valence-corrected chi connectivity index (χ1v) is 6.25. The molecule has 0 spiro atoms. The SMILES string of the molecule is C#CCN(Cc1cc(=O)[nH][nH]1)c1cc(Cl)cc(Cl)c1. The second-order valence-corrected chi connectivity index (χ2v) is 4.84. The van der Waals surface area contributed by atoms with Gasteiger partial charge >= 0.3 is 0 Å². The van der Waals surface area contributed by atoms with Gasteiger partial charge < -0.3 is 10.00 Å². The number of nitrogens with one attached hydrogen (secondary N) is 2. The van der Waals surface area contributed by atoms with E-state index < -0.39 is 0 Å². The third kappa shape index (κ3) is 3.57. The number of halogens is 2. The molecule has 98 valence electrons. The molecule has 0 aliphatic heterocycles. The maximum atomic E-state index is 11.1. The van der Waals surface area contributed by atoms with E-state index in [4.69, 9.17) is 29.6 Å². The van der Waals surface area contributed by atoms with Crippen molar-refractivity contribution in [2.24, 2.45) is 0 Å². The number of hydrogen-bond donors (Lipinski definition) is 2. The highest BCUT2D eigenvalue weighted by molar-refractivity contribution is 6.35. The molecule has 0 unspecified atom stereocenters. The van der Waals surface area contributed by atoms with E-state index in [9.17, 15) is 4.79 Å². The van der Waals surface area contributed by atoms with E-state index in [1.165, 1.54) is 6.07 Å². The van der Waals surface area contributed by atoms with Crippen molar-refractivity contribution in [3.05, 3.63) is 50.4 Å². The van der Waals surface area contributed by atoms with Gasteiger partial charge in [-0.25, -0.2) is 0 Å². The zero-order valence-corrected chi connectivity index (χ0v) is 11.4. The van der Waals surface area contributed by atoms with Crippen LogP contribution in [-0.4, -0.2) is 16.7 Å². The second kappa shape index (κ2) is 5.87. The molecule has 4 nitrogen and oxygen atoms in total. The Morgan fingerprint density at radius 1 is 1.16 bits per heavy atom. The van der Waals surface area contributed by atoms with Crippen molar-refractivity contribution < 1.29 is 0 Å². The lowest BCUT2D eigenvalue weighted by Crippen LogP contribution is -2.23. The number of benzene rings is 1. The largest absolute Gasteiger partial charge is 0.354 e. The zero-order valence-electron chi connectivity index (χ0n) is 9.91. The van der Waals surface area contributed by atoms with Crippen LogP contribution in [0.5, 0.6) is 0 Å². The van der Waals surface area contributed by atoms with Gasteiger partial charge in [0.25, 0.3) is 5.56 Å². The average molecular weight is 296 g/mol. The molecule has 1 aromatic carbocycles. The summed E-state index contributed by atoms with van der Waals surface area (Å²) >= 11 is 11.9. The first-order chi connectivity index (χ1) is 9.08. The molecule has 0 aliphatic carbocycles. The van der Waals surface area contributed by atoms with Gasteiger partial charge in [-0.1, -0.05) is 29.1 Å². The molecule has 1 aromatic heterocycles. The molecule has 2 aromatic rings. The van der Waals surface area contributed by atoms with E-state index in [-0.39, 0.29) is 5.56 Å². The molecule has 0 bridgehead atoms. The van der Waals surface area contributed by atoms with Crippen LogP contribution in [0.1, 0.15) is 5.69 Å². The van der Waals surface area contributed by atoms with E-state index in [2.05, 4.69) is 16.1 Å². The van der Waals surface area contributed by atoms with Crippen LogP contribution in [-0.2, 0) is 6.54 Å². The monoisotopic (exact) mass is 295 g/mol. The topological polar surface area (TPSA) is 51.9 Å². The standard InChI is InChI=1S/C13H11Cl2N3O/c1-2-3-18(8-11-7-13(19)17-16-11)12-5-9(14)4-10(15)6-12/h1,4-7H,3,8H2,(H2,16,17,19). The van der Waals surface area contributed by atoms with E-state index in [1.807, 2.05) is 4.90 Å². The van der Waals surface area contributed by atoms with Crippen LogP contribution in [0.3, 0.4) is 0 Å². The van der Waals surface area contributed by atoms with Crippen molar-refractivity contribution in [1.82, 2.24) is 10.2 Å². The first kappa shape index (κ1) is 13.6. The van der Waals surface area contributed by atoms with Crippen molar-refractivity contribution in [1.29, 1.82) is 0 Å². The number of terminal acetylenes is 1. The van der Waals surface area contributed by atoms with Gasteiger partial charge in [-0.2, -0.15) is 0 Å². The Morgan fingerprint density at radius 2 is 1.84 bits per heavy atom. The van der Waals surface area contributed by atoms with Crippen molar-refractivity contribution in [2.45, 2.75) is 6.54 Å². The van der Waals surface area contributed by atoms with Crippen LogP contribution in [0.2, 0.25) is 10.0 Å². The molecule has 2 rings (SSSR count). The van der Waals surface area contributed by atoms with Gasteiger partial charge in [0.05, 0.1) is 18.8 Å². The Bertz CT molecular complexity index is 649. The van der Waals surface area contributed by atoms with Crippen LogP contribution in [0.4, 0.5) is 5.69 Å². The summed E-state index contributed by atoms with van der Waals surface area (Å²) in [5, 5.41) is 6.33. The Morgan fingerprint density at radius 3 is 2.37 bits per heavy atom. The minimum atomic E-state index is -0.181. The summed E-state index contributed by atoms with van der Waals surface area (Å²) in [4.78, 5) is 13.0. The summed E-state index contributed by atoms with van der Waals surface area (Å²) in [5.41, 5.74) is 1.36. The van der Waals surface area contributed by atoms with Crippen LogP contribution in [0.25, 0.3) is 0 Å². The highest BCUT2D eigenvalue weighted by atomic mass is 35.5. The van der Waals surface area contributed by atoms with Crippen molar-refractivity contribution >= 4 is 28.9 Å². The van der Waals surface area contributed by atoms with Gasteiger partial charge in [-0.05, 0) is 18.2 Å². The molecule has 2 N–H and O–H groups in total. The summed E-state index contributed by atoms with van der Waals surface area (Å²) in [5.74, 6) is 2.57. The quantitative estimate of drug-likeness (QED) is 0.852. The lowest BCUT2D eigenvalue weighted by Gasteiger charge is -2.22. The highest BCUT2D eigenvalue weighted by Crippen LogP contribution is 2.26. The Hall–Kier alpha value is -1.83. The lowest BCUT2D eigenvalue weighted by atomic mass is 10.2. The fourth-order valence-corrected chi connectivity index (χ4v) is 2.25. The van der Waals surface area contributed by atoms with Crippen molar-refractivity contribution in [2.75, 3.05) is 11.4 Å². The molecule has 19 heavy (non-hydrogen) atoms. The van der Waals surface area contributed by atoms with Crippen molar-refractivity contribution in [3.63, 3.8) is 0 Å².